The molecule has 6 nitrogen and oxygen atoms in total. The van der Waals surface area contributed by atoms with Gasteiger partial charge in [0.15, 0.2) is 0 Å². The van der Waals surface area contributed by atoms with E-state index >= 15 is 0 Å². The SMILES string of the molecule is Cc1cc(Cl)c(C(=O)Nc2cc([N+](=O)[O-])ccc2Br)cn1. The smallest absolute Gasteiger partial charge is 0.271 e. The number of pyridine rings is 1. The van der Waals surface area contributed by atoms with Gasteiger partial charge in [-0.3, -0.25) is 19.9 Å². The molecule has 0 saturated heterocycles. The van der Waals surface area contributed by atoms with Gasteiger partial charge in [-0.05, 0) is 35.0 Å². The zero-order valence-electron chi connectivity index (χ0n) is 10.8. The van der Waals surface area contributed by atoms with Gasteiger partial charge >= 0.3 is 0 Å². The normalized spacial score (nSPS) is 10.2. The number of halogens is 2. The lowest BCUT2D eigenvalue weighted by atomic mass is 10.2. The molecule has 1 heterocycles. The molecule has 0 aliphatic carbocycles. The largest absolute Gasteiger partial charge is 0.321 e. The summed E-state index contributed by atoms with van der Waals surface area (Å²) in [5, 5.41) is 13.6. The Morgan fingerprint density at radius 1 is 1.43 bits per heavy atom. The van der Waals surface area contributed by atoms with E-state index in [4.69, 9.17) is 11.6 Å². The standard InChI is InChI=1S/C13H9BrClN3O3/c1-7-4-11(15)9(6-16-7)13(19)17-12-5-8(18(20)21)2-3-10(12)14/h2-6H,1H3,(H,17,19). The number of non-ortho nitro benzene ring substituents is 1. The van der Waals surface area contributed by atoms with Gasteiger partial charge in [-0.2, -0.15) is 0 Å². The molecule has 0 bridgehead atoms. The maximum absolute atomic E-state index is 12.2. The van der Waals surface area contributed by atoms with Gasteiger partial charge in [-0.25, -0.2) is 0 Å². The Morgan fingerprint density at radius 3 is 2.76 bits per heavy atom. The Labute approximate surface area is 133 Å². The molecule has 1 aromatic heterocycles. The molecule has 8 heteroatoms. The van der Waals surface area contributed by atoms with Gasteiger partial charge in [0.05, 0.1) is 21.2 Å². The van der Waals surface area contributed by atoms with E-state index in [1.807, 2.05) is 0 Å². The number of benzene rings is 1. The van der Waals surface area contributed by atoms with Crippen molar-refractivity contribution in [2.75, 3.05) is 5.32 Å². The molecular weight excluding hydrogens is 362 g/mol. The molecule has 1 amide bonds. The zero-order chi connectivity index (χ0) is 15.6. The number of nitrogens with one attached hydrogen (secondary N) is 1. The summed E-state index contributed by atoms with van der Waals surface area (Å²) in [6.07, 6.45) is 1.36. The van der Waals surface area contributed by atoms with Crippen LogP contribution in [0.15, 0.2) is 34.9 Å². The molecule has 2 rings (SSSR count). The molecule has 0 unspecified atom stereocenters. The maximum atomic E-state index is 12.2. The van der Waals surface area contributed by atoms with Crippen molar-refractivity contribution in [3.8, 4) is 0 Å². The number of carbonyl (C=O) groups is 1. The van der Waals surface area contributed by atoms with Crippen LogP contribution in [0.4, 0.5) is 11.4 Å². The first-order valence-corrected chi connectivity index (χ1v) is 6.93. The van der Waals surface area contributed by atoms with Crippen molar-refractivity contribution in [3.05, 3.63) is 61.3 Å². The number of amides is 1. The minimum absolute atomic E-state index is 0.123. The van der Waals surface area contributed by atoms with Crippen LogP contribution in [0.3, 0.4) is 0 Å². The highest BCUT2D eigenvalue weighted by molar-refractivity contribution is 9.10. The van der Waals surface area contributed by atoms with Crippen LogP contribution in [0.1, 0.15) is 16.1 Å². The van der Waals surface area contributed by atoms with E-state index in [0.29, 0.717) is 10.2 Å². The molecule has 0 fully saturated rings. The van der Waals surface area contributed by atoms with E-state index in [0.717, 1.165) is 0 Å². The predicted molar refractivity (Wildman–Crippen MR) is 82.7 cm³/mol. The summed E-state index contributed by atoms with van der Waals surface area (Å²) in [6, 6.07) is 5.65. The molecule has 0 atom stereocenters. The molecule has 1 aromatic carbocycles. The number of aryl methyl sites for hydroxylation is 1. The molecule has 21 heavy (non-hydrogen) atoms. The Balaban J connectivity index is 2.31. The minimum atomic E-state index is -0.539. The molecule has 0 spiro atoms. The van der Waals surface area contributed by atoms with Crippen molar-refractivity contribution in [1.82, 2.24) is 4.98 Å². The molecule has 1 N–H and O–H groups in total. The number of rotatable bonds is 3. The summed E-state index contributed by atoms with van der Waals surface area (Å²) >= 11 is 9.22. The lowest BCUT2D eigenvalue weighted by Crippen LogP contribution is -2.13. The summed E-state index contributed by atoms with van der Waals surface area (Å²) < 4.78 is 0.526. The van der Waals surface area contributed by atoms with E-state index in [2.05, 4.69) is 26.2 Å². The molecule has 0 saturated carbocycles. The van der Waals surface area contributed by atoms with Gasteiger partial charge in [0.25, 0.3) is 11.6 Å². The fourth-order valence-corrected chi connectivity index (χ4v) is 2.24. The second-order valence-electron chi connectivity index (χ2n) is 4.18. The molecule has 108 valence electrons. The monoisotopic (exact) mass is 369 g/mol. The van der Waals surface area contributed by atoms with Crippen LogP contribution >= 0.6 is 27.5 Å². The number of nitro groups is 1. The van der Waals surface area contributed by atoms with Gasteiger partial charge in [-0.1, -0.05) is 11.6 Å². The van der Waals surface area contributed by atoms with E-state index in [-0.39, 0.29) is 22.0 Å². The third-order valence-corrected chi connectivity index (χ3v) is 3.65. The van der Waals surface area contributed by atoms with Crippen LogP contribution in [0.2, 0.25) is 5.02 Å². The topological polar surface area (TPSA) is 85.1 Å². The summed E-state index contributed by atoms with van der Waals surface area (Å²) in [4.78, 5) is 26.4. The van der Waals surface area contributed by atoms with Crippen molar-refractivity contribution in [3.63, 3.8) is 0 Å². The first kappa shape index (κ1) is 15.4. The second-order valence-corrected chi connectivity index (χ2v) is 5.44. The first-order valence-electron chi connectivity index (χ1n) is 5.76. The molecule has 0 aliphatic heterocycles. The van der Waals surface area contributed by atoms with Crippen molar-refractivity contribution in [2.24, 2.45) is 0 Å². The van der Waals surface area contributed by atoms with Gasteiger partial charge in [-0.15, -0.1) is 0 Å². The van der Waals surface area contributed by atoms with E-state index in [1.165, 1.54) is 24.4 Å². The minimum Gasteiger partial charge on any atom is -0.321 e. The number of anilines is 1. The highest BCUT2D eigenvalue weighted by Gasteiger charge is 2.15. The summed E-state index contributed by atoms with van der Waals surface area (Å²) in [5.74, 6) is -0.492. The summed E-state index contributed by atoms with van der Waals surface area (Å²) in [5.41, 5.74) is 1.04. The van der Waals surface area contributed by atoms with Crippen LogP contribution in [-0.4, -0.2) is 15.8 Å². The van der Waals surface area contributed by atoms with Crippen molar-refractivity contribution in [1.29, 1.82) is 0 Å². The summed E-state index contributed by atoms with van der Waals surface area (Å²) in [6.45, 7) is 1.75. The number of aromatic nitrogens is 1. The fraction of sp³-hybridized carbons (Fsp3) is 0.0769. The van der Waals surface area contributed by atoms with Crippen LogP contribution in [0.25, 0.3) is 0 Å². The third kappa shape index (κ3) is 3.56. The van der Waals surface area contributed by atoms with Crippen LogP contribution < -0.4 is 5.32 Å². The van der Waals surface area contributed by atoms with Gasteiger partial charge in [0.1, 0.15) is 0 Å². The second kappa shape index (κ2) is 6.19. The van der Waals surface area contributed by atoms with Crippen LogP contribution in [0.5, 0.6) is 0 Å². The Bertz CT molecular complexity index is 737. The first-order chi connectivity index (χ1) is 9.88. The van der Waals surface area contributed by atoms with E-state index < -0.39 is 10.8 Å². The number of hydrogen-bond donors (Lipinski definition) is 1. The lowest BCUT2D eigenvalue weighted by Gasteiger charge is -2.08. The highest BCUT2D eigenvalue weighted by Crippen LogP contribution is 2.28. The zero-order valence-corrected chi connectivity index (χ0v) is 13.1. The third-order valence-electron chi connectivity index (χ3n) is 2.64. The van der Waals surface area contributed by atoms with E-state index in [9.17, 15) is 14.9 Å². The lowest BCUT2D eigenvalue weighted by molar-refractivity contribution is -0.384. The molecule has 0 radical (unpaired) electrons. The Hall–Kier alpha value is -1.99. The van der Waals surface area contributed by atoms with Gasteiger partial charge in [0, 0.05) is 28.5 Å². The highest BCUT2D eigenvalue weighted by atomic mass is 79.9. The van der Waals surface area contributed by atoms with Crippen LogP contribution in [0, 0.1) is 17.0 Å². The Kier molecular flexibility index (Phi) is 4.54. The predicted octanol–water partition coefficient (Wildman–Crippen LogP) is 3.97. The number of nitrogens with zero attached hydrogens (tertiary/aromatic N) is 2. The maximum Gasteiger partial charge on any atom is 0.271 e. The molecule has 2 aromatic rings. The quantitative estimate of drug-likeness (QED) is 0.654. The van der Waals surface area contributed by atoms with Crippen molar-refractivity contribution >= 4 is 44.8 Å². The van der Waals surface area contributed by atoms with Gasteiger partial charge < -0.3 is 5.32 Å². The fourth-order valence-electron chi connectivity index (χ4n) is 1.61. The van der Waals surface area contributed by atoms with Crippen LogP contribution in [-0.2, 0) is 0 Å². The van der Waals surface area contributed by atoms with Crippen molar-refractivity contribution in [2.45, 2.75) is 6.92 Å². The average molecular weight is 371 g/mol. The van der Waals surface area contributed by atoms with Gasteiger partial charge in [0.2, 0.25) is 0 Å². The summed E-state index contributed by atoms with van der Waals surface area (Å²) in [7, 11) is 0. The number of nitro benzene ring substituents is 1. The number of carbonyl (C=O) groups excluding carboxylic acids is 1. The molecular formula is C13H9BrClN3O3. The number of hydrogen-bond acceptors (Lipinski definition) is 4. The van der Waals surface area contributed by atoms with E-state index in [1.54, 1.807) is 13.0 Å². The Morgan fingerprint density at radius 2 is 2.14 bits per heavy atom. The van der Waals surface area contributed by atoms with Crippen molar-refractivity contribution < 1.29 is 9.72 Å². The average Bonchev–Trinajstić information content (AvgIpc) is 2.40. The molecule has 0 aliphatic rings.